The molecule has 0 radical (unpaired) electrons. The summed E-state index contributed by atoms with van der Waals surface area (Å²) in [5, 5.41) is 6.25. The molecule has 2 aromatic rings. The third-order valence-electron chi connectivity index (χ3n) is 3.25. The Morgan fingerprint density at radius 2 is 1.65 bits per heavy atom. The fourth-order valence-electron chi connectivity index (χ4n) is 2.06. The van der Waals surface area contributed by atoms with E-state index in [-0.39, 0.29) is 35.6 Å². The molecule has 0 aliphatic rings. The normalized spacial score (nSPS) is 10.9. The molecule has 3 nitrogen and oxygen atoms in total. The number of aryl methyl sites for hydroxylation is 1. The summed E-state index contributed by atoms with van der Waals surface area (Å²) in [6.07, 6.45) is 0. The van der Waals surface area contributed by atoms with Gasteiger partial charge in [0.05, 0.1) is 0 Å². The lowest BCUT2D eigenvalue weighted by molar-refractivity contribution is 0.617. The van der Waals surface area contributed by atoms with Gasteiger partial charge < -0.3 is 10.6 Å². The van der Waals surface area contributed by atoms with Gasteiger partial charge in [0.2, 0.25) is 0 Å². The summed E-state index contributed by atoms with van der Waals surface area (Å²) in [7, 11) is 1.66. The molecule has 0 bridgehead atoms. The number of rotatable bonds is 4. The van der Waals surface area contributed by atoms with E-state index in [2.05, 4.69) is 15.6 Å². The number of hydrogen-bond acceptors (Lipinski definition) is 1. The average Bonchev–Trinajstić information content (AvgIpc) is 2.51. The first-order valence-electron chi connectivity index (χ1n) is 7.02. The van der Waals surface area contributed by atoms with E-state index < -0.39 is 0 Å². The topological polar surface area (TPSA) is 36.4 Å². The van der Waals surface area contributed by atoms with Crippen molar-refractivity contribution in [3.8, 4) is 0 Å². The Kier molecular flexibility index (Phi) is 7.94. The number of nitrogens with zero attached hydrogens (tertiary/aromatic N) is 1. The summed E-state index contributed by atoms with van der Waals surface area (Å²) in [5.74, 6) is 0.132. The van der Waals surface area contributed by atoms with Crippen LogP contribution in [0.2, 0.25) is 0 Å². The first-order chi connectivity index (χ1) is 10.6. The van der Waals surface area contributed by atoms with Gasteiger partial charge in [-0.05, 0) is 41.8 Å². The molecule has 0 saturated carbocycles. The molecule has 0 heterocycles. The zero-order valence-corrected chi connectivity index (χ0v) is 15.4. The van der Waals surface area contributed by atoms with E-state index in [1.54, 1.807) is 32.2 Å². The van der Waals surface area contributed by atoms with E-state index in [4.69, 9.17) is 0 Å². The Balaban J connectivity index is 0.00000264. The van der Waals surface area contributed by atoms with Crippen molar-refractivity contribution in [2.45, 2.75) is 20.0 Å². The Labute approximate surface area is 152 Å². The van der Waals surface area contributed by atoms with Gasteiger partial charge in [-0.2, -0.15) is 0 Å². The lowest BCUT2D eigenvalue weighted by Gasteiger charge is -2.12. The van der Waals surface area contributed by atoms with Crippen LogP contribution < -0.4 is 10.6 Å². The maximum atomic E-state index is 13.2. The molecule has 2 N–H and O–H groups in total. The molecule has 0 aliphatic heterocycles. The Morgan fingerprint density at radius 3 is 2.22 bits per heavy atom. The van der Waals surface area contributed by atoms with E-state index in [0.717, 1.165) is 11.1 Å². The quantitative estimate of drug-likeness (QED) is 0.440. The first kappa shape index (κ1) is 19.3. The Bertz CT molecular complexity index is 675. The van der Waals surface area contributed by atoms with Crippen molar-refractivity contribution in [2.24, 2.45) is 4.99 Å². The van der Waals surface area contributed by atoms with Crippen LogP contribution in [0.4, 0.5) is 8.78 Å². The second kappa shape index (κ2) is 9.44. The summed E-state index contributed by atoms with van der Waals surface area (Å²) >= 11 is 0. The molecule has 0 unspecified atom stereocenters. The maximum Gasteiger partial charge on any atom is 0.191 e. The lowest BCUT2D eigenvalue weighted by Crippen LogP contribution is -2.36. The van der Waals surface area contributed by atoms with E-state index in [0.29, 0.717) is 24.6 Å². The molecule has 0 amide bonds. The zero-order chi connectivity index (χ0) is 15.9. The van der Waals surface area contributed by atoms with Gasteiger partial charge >= 0.3 is 0 Å². The third kappa shape index (κ3) is 6.13. The summed E-state index contributed by atoms with van der Waals surface area (Å²) in [6.45, 7) is 2.74. The van der Waals surface area contributed by atoms with Crippen LogP contribution in [0, 0.1) is 18.6 Å². The Hall–Kier alpha value is -1.70. The number of nitrogens with one attached hydrogen (secondary N) is 2. The van der Waals surface area contributed by atoms with E-state index in [1.807, 2.05) is 6.07 Å². The molecular formula is C17H20F2IN3. The zero-order valence-electron chi connectivity index (χ0n) is 13.1. The van der Waals surface area contributed by atoms with Gasteiger partial charge in [0, 0.05) is 20.1 Å². The maximum absolute atomic E-state index is 13.2. The predicted octanol–water partition coefficient (Wildman–Crippen LogP) is 3.76. The van der Waals surface area contributed by atoms with Crippen LogP contribution in [0.25, 0.3) is 0 Å². The first-order valence-corrected chi connectivity index (χ1v) is 7.02. The minimum Gasteiger partial charge on any atom is -0.352 e. The monoisotopic (exact) mass is 431 g/mol. The fourth-order valence-corrected chi connectivity index (χ4v) is 2.06. The molecule has 6 heteroatoms. The van der Waals surface area contributed by atoms with Gasteiger partial charge in [-0.1, -0.05) is 24.3 Å². The van der Waals surface area contributed by atoms with E-state index in [9.17, 15) is 8.78 Å². The van der Waals surface area contributed by atoms with Gasteiger partial charge in [-0.25, -0.2) is 8.78 Å². The van der Waals surface area contributed by atoms with Crippen molar-refractivity contribution in [3.05, 3.63) is 70.8 Å². The summed E-state index contributed by atoms with van der Waals surface area (Å²) in [6, 6.07) is 11.4. The highest BCUT2D eigenvalue weighted by atomic mass is 127. The van der Waals surface area contributed by atoms with Gasteiger partial charge in [-0.3, -0.25) is 4.99 Å². The van der Waals surface area contributed by atoms with Crippen molar-refractivity contribution in [2.75, 3.05) is 7.05 Å². The molecule has 0 aliphatic carbocycles. The lowest BCUT2D eigenvalue weighted by atomic mass is 10.1. The van der Waals surface area contributed by atoms with Crippen LogP contribution in [0.5, 0.6) is 0 Å². The van der Waals surface area contributed by atoms with Crippen molar-refractivity contribution in [1.82, 2.24) is 10.6 Å². The SMILES string of the molecule is CN=C(NCc1cccc(F)c1)NCc1ccc(F)c(C)c1.I. The van der Waals surface area contributed by atoms with Crippen molar-refractivity contribution in [1.29, 1.82) is 0 Å². The van der Waals surface area contributed by atoms with Crippen molar-refractivity contribution in [3.63, 3.8) is 0 Å². The molecular weight excluding hydrogens is 411 g/mol. The van der Waals surface area contributed by atoms with Crippen LogP contribution >= 0.6 is 24.0 Å². The molecule has 23 heavy (non-hydrogen) atoms. The number of hydrogen-bond donors (Lipinski definition) is 2. The molecule has 2 rings (SSSR count). The van der Waals surface area contributed by atoms with Gasteiger partial charge in [0.1, 0.15) is 11.6 Å². The van der Waals surface area contributed by atoms with Gasteiger partial charge in [0.25, 0.3) is 0 Å². The van der Waals surface area contributed by atoms with Crippen molar-refractivity contribution < 1.29 is 8.78 Å². The van der Waals surface area contributed by atoms with Gasteiger partial charge in [-0.15, -0.1) is 24.0 Å². The van der Waals surface area contributed by atoms with Crippen LogP contribution in [0.1, 0.15) is 16.7 Å². The molecule has 2 aromatic carbocycles. The number of guanidine groups is 1. The summed E-state index contributed by atoms with van der Waals surface area (Å²) in [5.41, 5.74) is 2.41. The molecule has 0 atom stereocenters. The van der Waals surface area contributed by atoms with E-state index in [1.165, 1.54) is 18.2 Å². The standard InChI is InChI=1S/C17H19F2N3.HI/c1-12-8-14(6-7-16(12)19)11-22-17(20-2)21-10-13-4-3-5-15(18)9-13;/h3-9H,10-11H2,1-2H3,(H2,20,21,22);1H. The van der Waals surface area contributed by atoms with Gasteiger partial charge in [0.15, 0.2) is 5.96 Å². The second-order valence-electron chi connectivity index (χ2n) is 4.99. The van der Waals surface area contributed by atoms with Crippen LogP contribution in [0.3, 0.4) is 0 Å². The van der Waals surface area contributed by atoms with E-state index >= 15 is 0 Å². The van der Waals surface area contributed by atoms with Crippen LogP contribution in [0.15, 0.2) is 47.5 Å². The van der Waals surface area contributed by atoms with Crippen LogP contribution in [-0.4, -0.2) is 13.0 Å². The third-order valence-corrected chi connectivity index (χ3v) is 3.25. The Morgan fingerprint density at radius 1 is 1.00 bits per heavy atom. The molecule has 0 fully saturated rings. The number of benzene rings is 2. The highest BCUT2D eigenvalue weighted by Gasteiger charge is 2.02. The molecule has 124 valence electrons. The molecule has 0 spiro atoms. The summed E-state index contributed by atoms with van der Waals surface area (Å²) in [4.78, 5) is 4.11. The smallest absolute Gasteiger partial charge is 0.191 e. The van der Waals surface area contributed by atoms with Crippen molar-refractivity contribution >= 4 is 29.9 Å². The summed E-state index contributed by atoms with van der Waals surface area (Å²) < 4.78 is 26.3. The average molecular weight is 431 g/mol. The minimum absolute atomic E-state index is 0. The molecule has 0 saturated heterocycles. The number of halogens is 3. The minimum atomic E-state index is -0.260. The molecule has 0 aromatic heterocycles. The predicted molar refractivity (Wildman–Crippen MR) is 100.0 cm³/mol. The second-order valence-corrected chi connectivity index (χ2v) is 4.99. The highest BCUT2D eigenvalue weighted by molar-refractivity contribution is 14.0. The largest absolute Gasteiger partial charge is 0.352 e. The number of aliphatic imine (C=N–C) groups is 1. The fraction of sp³-hybridized carbons (Fsp3) is 0.235. The van der Waals surface area contributed by atoms with Crippen LogP contribution in [-0.2, 0) is 13.1 Å². The highest BCUT2D eigenvalue weighted by Crippen LogP contribution is 2.09.